The second-order valence-electron chi connectivity index (χ2n) is 3.76. The van der Waals surface area contributed by atoms with Gasteiger partial charge in [0.05, 0.1) is 10.0 Å². The first-order valence-corrected chi connectivity index (χ1v) is 7.06. The van der Waals surface area contributed by atoms with Crippen molar-refractivity contribution in [1.29, 1.82) is 0 Å². The van der Waals surface area contributed by atoms with Crippen molar-refractivity contribution in [3.63, 3.8) is 0 Å². The third kappa shape index (κ3) is 3.62. The van der Waals surface area contributed by atoms with Crippen molar-refractivity contribution >= 4 is 34.5 Å². The summed E-state index contributed by atoms with van der Waals surface area (Å²) < 4.78 is 5.67. The summed E-state index contributed by atoms with van der Waals surface area (Å²) in [5.74, 6) is 0.730. The van der Waals surface area contributed by atoms with Gasteiger partial charge < -0.3 is 10.1 Å². The van der Waals surface area contributed by atoms with E-state index in [1.165, 1.54) is 9.75 Å². The van der Waals surface area contributed by atoms with Crippen LogP contribution in [0.4, 0.5) is 0 Å². The Labute approximate surface area is 120 Å². The number of halogens is 2. The van der Waals surface area contributed by atoms with E-state index in [2.05, 4.69) is 17.4 Å². The molecule has 0 amide bonds. The Balaban J connectivity index is 1.95. The molecule has 2 rings (SSSR count). The van der Waals surface area contributed by atoms with Crippen LogP contribution in [0.15, 0.2) is 30.3 Å². The SMILES string of the molecule is CNCc1ccc(COc2ccc(Cl)c(Cl)c2)s1. The fourth-order valence-corrected chi connectivity index (χ4v) is 2.72. The average molecular weight is 302 g/mol. The molecule has 0 bridgehead atoms. The maximum absolute atomic E-state index is 5.92. The summed E-state index contributed by atoms with van der Waals surface area (Å²) >= 11 is 13.5. The second kappa shape index (κ2) is 6.43. The topological polar surface area (TPSA) is 21.3 Å². The minimum absolute atomic E-state index is 0.510. The van der Waals surface area contributed by atoms with Crippen molar-refractivity contribution in [3.8, 4) is 5.75 Å². The number of hydrogen-bond acceptors (Lipinski definition) is 3. The number of benzene rings is 1. The van der Waals surface area contributed by atoms with Crippen molar-refractivity contribution in [2.45, 2.75) is 13.2 Å². The molecule has 0 saturated carbocycles. The molecule has 96 valence electrons. The van der Waals surface area contributed by atoms with E-state index < -0.39 is 0 Å². The monoisotopic (exact) mass is 301 g/mol. The Morgan fingerprint density at radius 1 is 1.11 bits per heavy atom. The van der Waals surface area contributed by atoms with Crippen LogP contribution in [0.1, 0.15) is 9.75 Å². The molecule has 18 heavy (non-hydrogen) atoms. The van der Waals surface area contributed by atoms with Crippen molar-refractivity contribution < 1.29 is 4.74 Å². The van der Waals surface area contributed by atoms with Gasteiger partial charge in [-0.1, -0.05) is 23.2 Å². The summed E-state index contributed by atoms with van der Waals surface area (Å²) in [4.78, 5) is 2.48. The van der Waals surface area contributed by atoms with Crippen molar-refractivity contribution in [1.82, 2.24) is 5.32 Å². The molecular weight excluding hydrogens is 289 g/mol. The summed E-state index contributed by atoms with van der Waals surface area (Å²) in [6, 6.07) is 9.46. The summed E-state index contributed by atoms with van der Waals surface area (Å²) in [5, 5.41) is 4.17. The maximum Gasteiger partial charge on any atom is 0.122 e. The van der Waals surface area contributed by atoms with Crippen LogP contribution in [0.3, 0.4) is 0 Å². The predicted octanol–water partition coefficient (Wildman–Crippen LogP) is 4.35. The van der Waals surface area contributed by atoms with Crippen LogP contribution < -0.4 is 10.1 Å². The zero-order chi connectivity index (χ0) is 13.0. The van der Waals surface area contributed by atoms with E-state index in [9.17, 15) is 0 Å². The molecule has 2 nitrogen and oxygen atoms in total. The molecular formula is C13H13Cl2NOS. The van der Waals surface area contributed by atoms with Gasteiger partial charge in [0.25, 0.3) is 0 Å². The van der Waals surface area contributed by atoms with E-state index in [1.807, 2.05) is 13.1 Å². The van der Waals surface area contributed by atoms with Gasteiger partial charge >= 0.3 is 0 Å². The number of ether oxygens (including phenoxy) is 1. The average Bonchev–Trinajstić information content (AvgIpc) is 2.79. The molecule has 0 fully saturated rings. The molecule has 0 atom stereocenters. The molecule has 0 aliphatic rings. The van der Waals surface area contributed by atoms with Crippen LogP contribution in [0.2, 0.25) is 10.0 Å². The van der Waals surface area contributed by atoms with Crippen molar-refractivity contribution in [3.05, 3.63) is 50.1 Å². The lowest BCUT2D eigenvalue weighted by Crippen LogP contribution is -2.02. The molecule has 0 aliphatic carbocycles. The fraction of sp³-hybridized carbons (Fsp3) is 0.231. The Bertz CT molecular complexity index is 527. The Morgan fingerprint density at radius 2 is 1.89 bits per heavy atom. The minimum Gasteiger partial charge on any atom is -0.488 e. The first-order chi connectivity index (χ1) is 8.69. The molecule has 5 heteroatoms. The van der Waals surface area contributed by atoms with Crippen LogP contribution in [-0.4, -0.2) is 7.05 Å². The zero-order valence-corrected chi connectivity index (χ0v) is 12.2. The van der Waals surface area contributed by atoms with Gasteiger partial charge in [-0.15, -0.1) is 11.3 Å². The van der Waals surface area contributed by atoms with Crippen LogP contribution in [0, 0.1) is 0 Å². The normalized spacial score (nSPS) is 10.6. The van der Waals surface area contributed by atoms with Crippen molar-refractivity contribution in [2.75, 3.05) is 7.05 Å². The highest BCUT2D eigenvalue weighted by Gasteiger charge is 2.03. The van der Waals surface area contributed by atoms with Crippen LogP contribution in [0.25, 0.3) is 0 Å². The quantitative estimate of drug-likeness (QED) is 0.886. The molecule has 1 N–H and O–H groups in total. The Hall–Kier alpha value is -0.740. The van der Waals surface area contributed by atoms with Crippen LogP contribution in [0.5, 0.6) is 5.75 Å². The smallest absolute Gasteiger partial charge is 0.122 e. The van der Waals surface area contributed by atoms with Gasteiger partial charge in [-0.2, -0.15) is 0 Å². The molecule has 0 aliphatic heterocycles. The van der Waals surface area contributed by atoms with Gasteiger partial charge in [-0.3, -0.25) is 0 Å². The third-order valence-corrected chi connectivity index (χ3v) is 4.14. The summed E-state index contributed by atoms with van der Waals surface area (Å²) in [5.41, 5.74) is 0. The van der Waals surface area contributed by atoms with Crippen LogP contribution >= 0.6 is 34.5 Å². The second-order valence-corrected chi connectivity index (χ2v) is 5.83. The van der Waals surface area contributed by atoms with Crippen molar-refractivity contribution in [2.24, 2.45) is 0 Å². The Morgan fingerprint density at radius 3 is 2.61 bits per heavy atom. The Kier molecular flexibility index (Phi) is 4.89. The van der Waals surface area contributed by atoms with E-state index in [0.717, 1.165) is 12.3 Å². The zero-order valence-electron chi connectivity index (χ0n) is 9.87. The van der Waals surface area contributed by atoms with E-state index in [1.54, 1.807) is 23.5 Å². The first-order valence-electron chi connectivity index (χ1n) is 5.49. The predicted molar refractivity (Wildman–Crippen MR) is 77.9 cm³/mol. The van der Waals surface area contributed by atoms with E-state index >= 15 is 0 Å². The highest BCUT2D eigenvalue weighted by Crippen LogP contribution is 2.27. The minimum atomic E-state index is 0.510. The molecule has 1 aromatic heterocycles. The van der Waals surface area contributed by atoms with Crippen LogP contribution in [-0.2, 0) is 13.2 Å². The third-order valence-electron chi connectivity index (χ3n) is 2.34. The number of thiophene rings is 1. The summed E-state index contributed by atoms with van der Waals surface area (Å²) in [6.45, 7) is 1.43. The standard InChI is InChI=1S/C13H13Cl2NOS/c1-16-7-10-3-4-11(18-10)8-17-9-2-5-12(14)13(15)6-9/h2-6,16H,7-8H2,1H3. The van der Waals surface area contributed by atoms with Gasteiger partial charge in [-0.25, -0.2) is 0 Å². The molecule has 0 radical (unpaired) electrons. The largest absolute Gasteiger partial charge is 0.488 e. The molecule has 0 unspecified atom stereocenters. The lowest BCUT2D eigenvalue weighted by Gasteiger charge is -2.05. The molecule has 0 saturated heterocycles. The van der Waals surface area contributed by atoms with E-state index in [-0.39, 0.29) is 0 Å². The fourth-order valence-electron chi connectivity index (χ4n) is 1.49. The molecule has 1 heterocycles. The first kappa shape index (κ1) is 13.7. The lowest BCUT2D eigenvalue weighted by atomic mass is 10.3. The molecule has 2 aromatic rings. The highest BCUT2D eigenvalue weighted by atomic mass is 35.5. The van der Waals surface area contributed by atoms with Gasteiger partial charge in [0.15, 0.2) is 0 Å². The number of nitrogens with one attached hydrogen (secondary N) is 1. The summed E-state index contributed by atoms with van der Waals surface area (Å²) in [7, 11) is 1.94. The van der Waals surface area contributed by atoms with Gasteiger partial charge in [0.1, 0.15) is 12.4 Å². The number of rotatable bonds is 5. The van der Waals surface area contributed by atoms with Gasteiger partial charge in [0.2, 0.25) is 0 Å². The maximum atomic E-state index is 5.92. The van der Waals surface area contributed by atoms with E-state index in [4.69, 9.17) is 27.9 Å². The summed E-state index contributed by atoms with van der Waals surface area (Å²) in [6.07, 6.45) is 0. The lowest BCUT2D eigenvalue weighted by molar-refractivity contribution is 0.310. The van der Waals surface area contributed by atoms with Gasteiger partial charge in [0, 0.05) is 22.4 Å². The molecule has 0 spiro atoms. The van der Waals surface area contributed by atoms with Gasteiger partial charge in [-0.05, 0) is 31.3 Å². The molecule has 1 aromatic carbocycles. The van der Waals surface area contributed by atoms with E-state index in [0.29, 0.717) is 16.7 Å². The number of hydrogen-bond donors (Lipinski definition) is 1. The highest BCUT2D eigenvalue weighted by molar-refractivity contribution is 7.11.